The van der Waals surface area contributed by atoms with Crippen molar-refractivity contribution in [2.75, 3.05) is 5.75 Å². The van der Waals surface area contributed by atoms with Crippen molar-refractivity contribution in [2.24, 2.45) is 0 Å². The molecule has 0 saturated heterocycles. The predicted molar refractivity (Wildman–Crippen MR) is 63.2 cm³/mol. The lowest BCUT2D eigenvalue weighted by atomic mass is 10.1. The van der Waals surface area contributed by atoms with Crippen LogP contribution in [0, 0.1) is 0 Å². The van der Waals surface area contributed by atoms with Crippen LogP contribution in [0.3, 0.4) is 0 Å². The highest BCUT2D eigenvalue weighted by molar-refractivity contribution is 7.86. The van der Waals surface area contributed by atoms with Crippen LogP contribution < -0.4 is 5.43 Å². The largest absolute Gasteiger partial charge is 0.748 e. The maximum atomic E-state index is 10.5. The van der Waals surface area contributed by atoms with Crippen molar-refractivity contribution < 1.29 is 17.7 Å². The molecule has 7 nitrogen and oxygen atoms in total. The fraction of sp³-hybridized carbons (Fsp3) is 0.100. The van der Waals surface area contributed by atoms with E-state index in [2.05, 4.69) is 15.6 Å². The highest BCUT2D eigenvalue weighted by Crippen LogP contribution is 2.14. The summed E-state index contributed by atoms with van der Waals surface area (Å²) in [7, 11) is -4.25. The Bertz CT molecular complexity index is 620. The minimum atomic E-state index is -4.25. The Morgan fingerprint density at radius 3 is 2.83 bits per heavy atom. The summed E-state index contributed by atoms with van der Waals surface area (Å²) in [6, 6.07) is 1.80. The van der Waals surface area contributed by atoms with E-state index in [0.717, 1.165) is 11.1 Å². The quantitative estimate of drug-likeness (QED) is 0.584. The van der Waals surface area contributed by atoms with Gasteiger partial charge in [-0.05, 0) is 6.07 Å². The van der Waals surface area contributed by atoms with Gasteiger partial charge in [-0.25, -0.2) is 8.42 Å². The van der Waals surface area contributed by atoms with Crippen LogP contribution in [0.4, 0.5) is 0 Å². The molecule has 1 aliphatic rings. The van der Waals surface area contributed by atoms with Crippen LogP contribution in [0.2, 0.25) is 0 Å². The second-order valence-corrected chi connectivity index (χ2v) is 4.94. The molecule has 0 amide bonds. The summed E-state index contributed by atoms with van der Waals surface area (Å²) in [5.41, 5.74) is 4.57. The molecule has 0 spiro atoms. The van der Waals surface area contributed by atoms with E-state index in [-0.39, 0.29) is 0 Å². The van der Waals surface area contributed by atoms with Gasteiger partial charge in [0.1, 0.15) is 15.9 Å². The lowest BCUT2D eigenvalue weighted by Gasteiger charge is -2.06. The fourth-order valence-electron chi connectivity index (χ4n) is 1.32. The summed E-state index contributed by atoms with van der Waals surface area (Å²) >= 11 is 0. The van der Waals surface area contributed by atoms with Gasteiger partial charge in [-0.15, -0.1) is 0 Å². The van der Waals surface area contributed by atoms with Gasteiger partial charge in [-0.1, -0.05) is 4.68 Å². The molecule has 2 heterocycles. The van der Waals surface area contributed by atoms with E-state index < -0.39 is 15.9 Å². The molecule has 1 aromatic heterocycles. The zero-order valence-electron chi connectivity index (χ0n) is 9.22. The number of nitrogens with zero attached hydrogens (tertiary/aromatic N) is 3. The third kappa shape index (κ3) is 3.47. The van der Waals surface area contributed by atoms with E-state index in [1.807, 2.05) is 0 Å². The maximum Gasteiger partial charge on any atom is 0.200 e. The minimum absolute atomic E-state index is 0.565. The van der Waals surface area contributed by atoms with Gasteiger partial charge in [-0.2, -0.15) is 15.6 Å². The first kappa shape index (κ1) is 12.4. The van der Waals surface area contributed by atoms with Gasteiger partial charge >= 0.3 is 0 Å². The maximum absolute atomic E-state index is 10.5. The van der Waals surface area contributed by atoms with Crippen LogP contribution in [0.25, 0.3) is 5.57 Å². The van der Waals surface area contributed by atoms with E-state index in [1.165, 1.54) is 10.9 Å². The summed E-state index contributed by atoms with van der Waals surface area (Å²) in [5, 5.41) is 7.42. The topological polar surface area (TPSA) is 98.0 Å². The summed E-state index contributed by atoms with van der Waals surface area (Å²) in [4.78, 5) is 0. The first-order valence-corrected chi connectivity index (χ1v) is 6.59. The monoisotopic (exact) mass is 266 g/mol. The molecule has 0 aromatic carbocycles. The number of hydrogen-bond acceptors (Lipinski definition) is 6. The van der Waals surface area contributed by atoms with Crippen molar-refractivity contribution in [3.8, 4) is 0 Å². The number of hydrazine groups is 1. The van der Waals surface area contributed by atoms with Crippen LogP contribution in [-0.4, -0.2) is 39.8 Å². The number of rotatable bonds is 3. The van der Waals surface area contributed by atoms with Crippen molar-refractivity contribution in [3.05, 3.63) is 42.5 Å². The molecule has 1 aliphatic heterocycles. The molecule has 2 rings (SSSR count). The standard InChI is InChI=1S/C10H10N4O3S/c15-18(16,17)6-5-14-4-2-10(8-13-14)9-1-3-11-12-7-9/h1-5,7-8,13H,6H2. The Morgan fingerprint density at radius 1 is 1.44 bits per heavy atom. The number of hydrazone groups is 1. The van der Waals surface area contributed by atoms with E-state index >= 15 is 0 Å². The molecular weight excluding hydrogens is 256 g/mol. The average molecular weight is 266 g/mol. The summed E-state index contributed by atoms with van der Waals surface area (Å²) in [6.07, 6.45) is 9.48. The van der Waals surface area contributed by atoms with E-state index in [0.29, 0.717) is 0 Å². The molecule has 0 saturated carbocycles. The molecule has 0 aliphatic carbocycles. The van der Waals surface area contributed by atoms with Crippen LogP contribution in [-0.2, 0) is 10.1 Å². The van der Waals surface area contributed by atoms with Crippen molar-refractivity contribution in [2.45, 2.75) is 0 Å². The van der Waals surface area contributed by atoms with E-state index in [4.69, 9.17) is 0 Å². The minimum Gasteiger partial charge on any atom is -0.748 e. The first-order valence-electron chi connectivity index (χ1n) is 5.01. The third-order valence-electron chi connectivity index (χ3n) is 2.18. The van der Waals surface area contributed by atoms with Gasteiger partial charge in [0.25, 0.3) is 0 Å². The van der Waals surface area contributed by atoms with Gasteiger partial charge < -0.3 is 4.55 Å². The second-order valence-electron chi connectivity index (χ2n) is 3.49. The Balaban J connectivity index is 2.08. The normalized spacial score (nSPS) is 17.4. The molecule has 0 radical (unpaired) electrons. The van der Waals surface area contributed by atoms with Gasteiger partial charge in [0.2, 0.25) is 0 Å². The molecule has 0 unspecified atom stereocenters. The summed E-state index contributed by atoms with van der Waals surface area (Å²) < 4.78 is 32.8. The predicted octanol–water partition coefficient (Wildman–Crippen LogP) is -0.522. The lowest BCUT2D eigenvalue weighted by Crippen LogP contribution is -2.25. The number of aromatic nitrogens is 2. The number of hydrogen-bond donors (Lipinski definition) is 1. The molecule has 0 atom stereocenters. The van der Waals surface area contributed by atoms with Gasteiger partial charge in [0.05, 0.1) is 18.6 Å². The first-order chi connectivity index (χ1) is 8.54. The van der Waals surface area contributed by atoms with Crippen LogP contribution >= 0.6 is 0 Å². The lowest BCUT2D eigenvalue weighted by molar-refractivity contribution is -0.507. The molecular formula is C10H10N4O3S. The molecule has 94 valence electrons. The molecule has 18 heavy (non-hydrogen) atoms. The van der Waals surface area contributed by atoms with Crippen molar-refractivity contribution in [1.29, 1.82) is 0 Å². The van der Waals surface area contributed by atoms with Crippen molar-refractivity contribution >= 4 is 21.9 Å². The Kier molecular flexibility index (Phi) is 3.49. The summed E-state index contributed by atoms with van der Waals surface area (Å²) in [6.45, 7) is 0. The zero-order chi connectivity index (χ0) is 13.0. The van der Waals surface area contributed by atoms with Crippen LogP contribution in [0.15, 0.2) is 36.9 Å². The second kappa shape index (κ2) is 5.07. The van der Waals surface area contributed by atoms with E-state index in [9.17, 15) is 13.0 Å². The Hall–Kier alpha value is -2.06. The zero-order valence-corrected chi connectivity index (χ0v) is 10.0. The molecule has 0 bridgehead atoms. The molecule has 8 heteroatoms. The fourth-order valence-corrected chi connectivity index (χ4v) is 1.67. The van der Waals surface area contributed by atoms with Crippen molar-refractivity contribution in [3.63, 3.8) is 0 Å². The van der Waals surface area contributed by atoms with Crippen LogP contribution in [0.1, 0.15) is 5.56 Å². The molecule has 1 aromatic rings. The smallest absolute Gasteiger partial charge is 0.200 e. The third-order valence-corrected chi connectivity index (χ3v) is 2.73. The Morgan fingerprint density at radius 2 is 2.28 bits per heavy atom. The number of allylic oxidation sites excluding steroid dienone is 2. The molecule has 0 fully saturated rings. The van der Waals surface area contributed by atoms with Crippen LogP contribution in [0.5, 0.6) is 0 Å². The van der Waals surface area contributed by atoms with Gasteiger partial charge in [-0.3, -0.25) is 0 Å². The number of nitrogens with one attached hydrogen (secondary N) is 1. The molecule has 1 N–H and O–H groups in total. The SMILES string of the molecule is O=S(=O)([O-])CC=[N+]1C=CC(c2ccnnc2)=CN1. The highest BCUT2D eigenvalue weighted by atomic mass is 32.2. The van der Waals surface area contributed by atoms with Gasteiger partial charge in [0.15, 0.2) is 12.4 Å². The van der Waals surface area contributed by atoms with Crippen molar-refractivity contribution in [1.82, 2.24) is 15.6 Å². The Labute approximate surface area is 104 Å². The van der Waals surface area contributed by atoms with Gasteiger partial charge in [0, 0.05) is 17.2 Å². The highest BCUT2D eigenvalue weighted by Gasteiger charge is 2.08. The average Bonchev–Trinajstić information content (AvgIpc) is 2.37. The van der Waals surface area contributed by atoms with E-state index in [1.54, 1.807) is 36.9 Å². The summed E-state index contributed by atoms with van der Waals surface area (Å²) in [5.74, 6) is -0.565.